The predicted octanol–water partition coefficient (Wildman–Crippen LogP) is 4.03. The smallest absolute Gasteiger partial charge is 0.248 e. The van der Waals surface area contributed by atoms with Gasteiger partial charge in [0.2, 0.25) is 5.91 Å². The Balaban J connectivity index is 2.05. The van der Waals surface area contributed by atoms with Gasteiger partial charge in [0, 0.05) is 11.1 Å². The quantitative estimate of drug-likeness (QED) is 0.862. The monoisotopic (exact) mass is 279 g/mol. The van der Waals surface area contributed by atoms with Crippen LogP contribution in [0.25, 0.3) is 6.08 Å². The zero-order valence-corrected chi connectivity index (χ0v) is 10.9. The number of hydrogen-bond donors (Lipinski definition) is 1. The molecule has 1 aromatic heterocycles. The standard InChI is InChI=1S/C14H11ClFNO2/c1-9-2-4-11(19-9)5-7-14(18)17-13-8-10(15)3-6-12(13)16/h2-8H,1H3,(H,17,18)/b7-5+. The van der Waals surface area contributed by atoms with E-state index in [9.17, 15) is 9.18 Å². The van der Waals surface area contributed by atoms with Crippen molar-refractivity contribution < 1.29 is 13.6 Å². The highest BCUT2D eigenvalue weighted by Crippen LogP contribution is 2.19. The number of halogens is 2. The Hall–Kier alpha value is -2.07. The number of hydrogen-bond acceptors (Lipinski definition) is 2. The Morgan fingerprint density at radius 2 is 2.16 bits per heavy atom. The molecule has 5 heteroatoms. The Kier molecular flexibility index (Phi) is 4.02. The van der Waals surface area contributed by atoms with Crippen molar-refractivity contribution in [2.75, 3.05) is 5.32 Å². The van der Waals surface area contributed by atoms with Crippen LogP contribution in [0.4, 0.5) is 10.1 Å². The zero-order valence-electron chi connectivity index (χ0n) is 10.1. The van der Waals surface area contributed by atoms with Crippen molar-refractivity contribution in [2.45, 2.75) is 6.92 Å². The Morgan fingerprint density at radius 3 is 2.84 bits per heavy atom. The number of carbonyl (C=O) groups is 1. The van der Waals surface area contributed by atoms with Crippen LogP contribution in [0, 0.1) is 12.7 Å². The van der Waals surface area contributed by atoms with E-state index in [2.05, 4.69) is 5.32 Å². The van der Waals surface area contributed by atoms with Gasteiger partial charge in [-0.1, -0.05) is 11.6 Å². The van der Waals surface area contributed by atoms with Gasteiger partial charge in [0.25, 0.3) is 0 Å². The lowest BCUT2D eigenvalue weighted by Gasteiger charge is -2.03. The molecule has 19 heavy (non-hydrogen) atoms. The fourth-order valence-electron chi connectivity index (χ4n) is 1.47. The summed E-state index contributed by atoms with van der Waals surface area (Å²) in [6.45, 7) is 1.80. The molecule has 0 aliphatic rings. The van der Waals surface area contributed by atoms with Gasteiger partial charge in [0.05, 0.1) is 5.69 Å². The third-order valence-corrected chi connectivity index (χ3v) is 2.58. The van der Waals surface area contributed by atoms with E-state index in [0.717, 1.165) is 5.76 Å². The van der Waals surface area contributed by atoms with Gasteiger partial charge in [0.1, 0.15) is 17.3 Å². The molecule has 1 amide bonds. The van der Waals surface area contributed by atoms with Crippen LogP contribution in [0.3, 0.4) is 0 Å². The van der Waals surface area contributed by atoms with Crippen LogP contribution in [-0.2, 0) is 4.79 Å². The molecule has 0 spiro atoms. The van der Waals surface area contributed by atoms with Crippen molar-refractivity contribution in [1.29, 1.82) is 0 Å². The molecule has 1 aromatic carbocycles. The van der Waals surface area contributed by atoms with E-state index in [1.807, 2.05) is 0 Å². The molecule has 0 saturated heterocycles. The lowest BCUT2D eigenvalue weighted by atomic mass is 10.3. The molecular weight excluding hydrogens is 269 g/mol. The normalized spacial score (nSPS) is 10.9. The number of carbonyl (C=O) groups excluding carboxylic acids is 1. The summed E-state index contributed by atoms with van der Waals surface area (Å²) in [6, 6.07) is 7.47. The second-order valence-electron chi connectivity index (χ2n) is 3.90. The van der Waals surface area contributed by atoms with Gasteiger partial charge >= 0.3 is 0 Å². The number of benzene rings is 1. The molecule has 0 bridgehead atoms. The minimum Gasteiger partial charge on any atom is -0.462 e. The molecule has 0 fully saturated rings. The third kappa shape index (κ3) is 3.69. The average molecular weight is 280 g/mol. The van der Waals surface area contributed by atoms with Gasteiger partial charge in [-0.05, 0) is 43.3 Å². The van der Waals surface area contributed by atoms with Crippen molar-refractivity contribution in [2.24, 2.45) is 0 Å². The van der Waals surface area contributed by atoms with Gasteiger partial charge in [-0.3, -0.25) is 4.79 Å². The van der Waals surface area contributed by atoms with Crippen LogP contribution in [0.15, 0.2) is 40.8 Å². The van der Waals surface area contributed by atoms with Crippen LogP contribution < -0.4 is 5.32 Å². The lowest BCUT2D eigenvalue weighted by molar-refractivity contribution is -0.111. The number of amides is 1. The van der Waals surface area contributed by atoms with Crippen molar-refractivity contribution >= 4 is 29.3 Å². The molecule has 0 saturated carbocycles. The maximum absolute atomic E-state index is 13.4. The highest BCUT2D eigenvalue weighted by atomic mass is 35.5. The van der Waals surface area contributed by atoms with Crippen molar-refractivity contribution in [1.82, 2.24) is 0 Å². The first-order chi connectivity index (χ1) is 9.04. The highest BCUT2D eigenvalue weighted by Gasteiger charge is 2.05. The Labute approximate surface area is 114 Å². The molecule has 0 atom stereocenters. The topological polar surface area (TPSA) is 42.2 Å². The second-order valence-corrected chi connectivity index (χ2v) is 4.33. The summed E-state index contributed by atoms with van der Waals surface area (Å²) in [4.78, 5) is 11.6. The van der Waals surface area contributed by atoms with E-state index in [4.69, 9.17) is 16.0 Å². The molecule has 3 nitrogen and oxygen atoms in total. The first kappa shape index (κ1) is 13.4. The molecule has 98 valence electrons. The lowest BCUT2D eigenvalue weighted by Crippen LogP contribution is -2.09. The summed E-state index contributed by atoms with van der Waals surface area (Å²) in [5, 5.41) is 2.75. The van der Waals surface area contributed by atoms with Crippen LogP contribution in [-0.4, -0.2) is 5.91 Å². The van der Waals surface area contributed by atoms with E-state index in [1.165, 1.54) is 30.4 Å². The van der Waals surface area contributed by atoms with E-state index < -0.39 is 11.7 Å². The number of aryl methyl sites for hydroxylation is 1. The van der Waals surface area contributed by atoms with E-state index in [-0.39, 0.29) is 5.69 Å². The number of nitrogens with one attached hydrogen (secondary N) is 1. The van der Waals surface area contributed by atoms with E-state index in [0.29, 0.717) is 10.8 Å². The van der Waals surface area contributed by atoms with Gasteiger partial charge < -0.3 is 9.73 Å². The SMILES string of the molecule is Cc1ccc(/C=C/C(=O)Nc2cc(Cl)ccc2F)o1. The summed E-state index contributed by atoms with van der Waals surface area (Å²) >= 11 is 5.73. The van der Waals surface area contributed by atoms with E-state index in [1.54, 1.807) is 19.1 Å². The molecule has 2 rings (SSSR count). The number of rotatable bonds is 3. The van der Waals surface area contributed by atoms with Gasteiger partial charge in [-0.15, -0.1) is 0 Å². The molecular formula is C14H11ClFNO2. The molecule has 0 aliphatic carbocycles. The minimum atomic E-state index is -0.542. The average Bonchev–Trinajstić information content (AvgIpc) is 2.77. The van der Waals surface area contributed by atoms with Gasteiger partial charge in [-0.25, -0.2) is 4.39 Å². The molecule has 0 aliphatic heterocycles. The summed E-state index contributed by atoms with van der Waals surface area (Å²) < 4.78 is 18.6. The molecule has 0 radical (unpaired) electrons. The van der Waals surface area contributed by atoms with Crippen LogP contribution >= 0.6 is 11.6 Å². The molecule has 2 aromatic rings. The predicted molar refractivity (Wildman–Crippen MR) is 72.5 cm³/mol. The summed E-state index contributed by atoms with van der Waals surface area (Å²) in [5.74, 6) is 0.301. The maximum atomic E-state index is 13.4. The second kappa shape index (κ2) is 5.71. The largest absolute Gasteiger partial charge is 0.462 e. The van der Waals surface area contributed by atoms with Crippen LogP contribution in [0.1, 0.15) is 11.5 Å². The summed E-state index contributed by atoms with van der Waals surface area (Å²) in [6.07, 6.45) is 2.77. The fourth-order valence-corrected chi connectivity index (χ4v) is 1.64. The van der Waals surface area contributed by atoms with Gasteiger partial charge in [0.15, 0.2) is 0 Å². The van der Waals surface area contributed by atoms with Crippen molar-refractivity contribution in [3.63, 3.8) is 0 Å². The van der Waals surface area contributed by atoms with Crippen molar-refractivity contribution in [3.8, 4) is 0 Å². The number of furan rings is 1. The van der Waals surface area contributed by atoms with Gasteiger partial charge in [-0.2, -0.15) is 0 Å². The molecule has 0 unspecified atom stereocenters. The minimum absolute atomic E-state index is 0.0396. The van der Waals surface area contributed by atoms with Crippen molar-refractivity contribution in [3.05, 3.63) is 58.8 Å². The fraction of sp³-hybridized carbons (Fsp3) is 0.0714. The number of anilines is 1. The molecule has 1 heterocycles. The first-order valence-electron chi connectivity index (χ1n) is 5.55. The third-order valence-electron chi connectivity index (χ3n) is 2.35. The highest BCUT2D eigenvalue weighted by molar-refractivity contribution is 6.30. The van der Waals surface area contributed by atoms with Crippen LogP contribution in [0.5, 0.6) is 0 Å². The zero-order chi connectivity index (χ0) is 13.8. The Morgan fingerprint density at radius 1 is 1.37 bits per heavy atom. The van der Waals surface area contributed by atoms with Crippen LogP contribution in [0.2, 0.25) is 5.02 Å². The summed E-state index contributed by atoms with van der Waals surface area (Å²) in [7, 11) is 0. The first-order valence-corrected chi connectivity index (χ1v) is 5.93. The van der Waals surface area contributed by atoms with E-state index >= 15 is 0 Å². The maximum Gasteiger partial charge on any atom is 0.248 e. The Bertz CT molecular complexity index is 634. The molecule has 1 N–H and O–H groups in total. The summed E-state index contributed by atoms with van der Waals surface area (Å²) in [5.41, 5.74) is 0.0396.